The molecule has 1 aromatic rings. The monoisotopic (exact) mass is 283 g/mol. The van der Waals surface area contributed by atoms with Gasteiger partial charge in [0.15, 0.2) is 0 Å². The van der Waals surface area contributed by atoms with Gasteiger partial charge in [0.1, 0.15) is 0 Å². The van der Waals surface area contributed by atoms with Gasteiger partial charge in [0, 0.05) is 4.47 Å². The first-order chi connectivity index (χ1) is 7.81. The van der Waals surface area contributed by atoms with E-state index in [1.165, 1.54) is 11.1 Å². The minimum Gasteiger partial charge on any atom is -0.379 e. The van der Waals surface area contributed by atoms with Crippen molar-refractivity contribution in [1.29, 1.82) is 0 Å². The molecule has 0 amide bonds. The molecule has 1 unspecified atom stereocenters. The van der Waals surface area contributed by atoms with E-state index in [2.05, 4.69) is 46.4 Å². The third-order valence-electron chi connectivity index (χ3n) is 2.92. The number of rotatable bonds is 3. The summed E-state index contributed by atoms with van der Waals surface area (Å²) in [5, 5.41) is 3.55. The Morgan fingerprint density at radius 2 is 2.38 bits per heavy atom. The predicted octanol–water partition coefficient (Wildman–Crippen LogP) is 3.06. The Bertz CT molecular complexity index is 354. The fraction of sp³-hybridized carbons (Fsp3) is 0.538. The average Bonchev–Trinajstić information content (AvgIpc) is 2.48. The lowest BCUT2D eigenvalue weighted by Gasteiger charge is -2.18. The fourth-order valence-electron chi connectivity index (χ4n) is 2.08. The van der Waals surface area contributed by atoms with E-state index in [9.17, 15) is 0 Å². The summed E-state index contributed by atoms with van der Waals surface area (Å²) in [6, 6.07) is 6.88. The molecule has 0 radical (unpaired) electrons. The van der Waals surface area contributed by atoms with Crippen LogP contribution in [0.4, 0.5) is 0 Å². The molecule has 0 aliphatic carbocycles. The van der Waals surface area contributed by atoms with Crippen LogP contribution in [0.25, 0.3) is 0 Å². The largest absolute Gasteiger partial charge is 0.379 e. The maximum Gasteiger partial charge on any atom is 0.0661 e. The van der Waals surface area contributed by atoms with E-state index in [0.29, 0.717) is 6.04 Å². The first-order valence-corrected chi connectivity index (χ1v) is 6.70. The second-order valence-corrected chi connectivity index (χ2v) is 5.09. The summed E-state index contributed by atoms with van der Waals surface area (Å²) in [5.41, 5.74) is 2.80. The Labute approximate surface area is 106 Å². The van der Waals surface area contributed by atoms with Crippen LogP contribution < -0.4 is 5.32 Å². The Kier molecular flexibility index (Phi) is 4.38. The third-order valence-corrected chi connectivity index (χ3v) is 3.42. The maximum atomic E-state index is 5.65. The van der Waals surface area contributed by atoms with Crippen molar-refractivity contribution in [3.05, 3.63) is 33.8 Å². The zero-order valence-electron chi connectivity index (χ0n) is 9.63. The second kappa shape index (κ2) is 5.80. The quantitative estimate of drug-likeness (QED) is 0.921. The van der Waals surface area contributed by atoms with E-state index in [4.69, 9.17) is 4.74 Å². The summed E-state index contributed by atoms with van der Waals surface area (Å²) >= 11 is 3.54. The molecule has 0 aromatic heterocycles. The topological polar surface area (TPSA) is 21.3 Å². The molecule has 0 fully saturated rings. The van der Waals surface area contributed by atoms with Crippen LogP contribution in [0.2, 0.25) is 0 Å². The molecule has 1 aromatic carbocycles. The van der Waals surface area contributed by atoms with Crippen molar-refractivity contribution in [1.82, 2.24) is 5.32 Å². The van der Waals surface area contributed by atoms with E-state index in [1.54, 1.807) is 0 Å². The Hall–Kier alpha value is -0.380. The molecule has 1 N–H and O–H groups in total. The molecule has 3 heteroatoms. The SMILES string of the molecule is CCCNC1COCCc2ccc(Br)cc21. The zero-order chi connectivity index (χ0) is 11.4. The highest BCUT2D eigenvalue weighted by Crippen LogP contribution is 2.25. The molecule has 2 rings (SSSR count). The molecule has 0 saturated heterocycles. The molecule has 0 saturated carbocycles. The van der Waals surface area contributed by atoms with Crippen LogP contribution in [0.15, 0.2) is 22.7 Å². The first kappa shape index (κ1) is 12.1. The minimum absolute atomic E-state index is 0.343. The summed E-state index contributed by atoms with van der Waals surface area (Å²) in [7, 11) is 0. The number of benzene rings is 1. The highest BCUT2D eigenvalue weighted by atomic mass is 79.9. The van der Waals surface area contributed by atoms with Crippen LogP contribution >= 0.6 is 15.9 Å². The molecular formula is C13H18BrNO. The van der Waals surface area contributed by atoms with Crippen LogP contribution in [-0.4, -0.2) is 19.8 Å². The molecule has 1 aliphatic heterocycles. The molecule has 1 aliphatic rings. The smallest absolute Gasteiger partial charge is 0.0661 e. The van der Waals surface area contributed by atoms with Gasteiger partial charge in [-0.2, -0.15) is 0 Å². The number of nitrogens with one attached hydrogen (secondary N) is 1. The van der Waals surface area contributed by atoms with Gasteiger partial charge in [0.05, 0.1) is 19.3 Å². The van der Waals surface area contributed by atoms with Gasteiger partial charge in [-0.1, -0.05) is 28.9 Å². The summed E-state index contributed by atoms with van der Waals surface area (Å²) in [6.45, 7) is 4.84. The van der Waals surface area contributed by atoms with E-state index in [-0.39, 0.29) is 0 Å². The van der Waals surface area contributed by atoms with Crippen LogP contribution in [0.5, 0.6) is 0 Å². The lowest BCUT2D eigenvalue weighted by Crippen LogP contribution is -2.25. The lowest BCUT2D eigenvalue weighted by atomic mass is 9.99. The van der Waals surface area contributed by atoms with Crippen molar-refractivity contribution in [3.8, 4) is 0 Å². The van der Waals surface area contributed by atoms with E-state index in [1.807, 2.05) is 0 Å². The third kappa shape index (κ3) is 2.84. The van der Waals surface area contributed by atoms with E-state index in [0.717, 1.165) is 37.1 Å². The molecule has 0 spiro atoms. The number of fused-ring (bicyclic) bond motifs is 1. The fourth-order valence-corrected chi connectivity index (χ4v) is 2.46. The van der Waals surface area contributed by atoms with E-state index >= 15 is 0 Å². The van der Waals surface area contributed by atoms with Crippen molar-refractivity contribution in [2.45, 2.75) is 25.8 Å². The molecule has 88 valence electrons. The molecule has 0 bridgehead atoms. The van der Waals surface area contributed by atoms with Gasteiger partial charge in [0.25, 0.3) is 0 Å². The van der Waals surface area contributed by atoms with Crippen molar-refractivity contribution >= 4 is 15.9 Å². The Morgan fingerprint density at radius 1 is 1.50 bits per heavy atom. The predicted molar refractivity (Wildman–Crippen MR) is 69.7 cm³/mol. The zero-order valence-corrected chi connectivity index (χ0v) is 11.2. The highest BCUT2D eigenvalue weighted by molar-refractivity contribution is 9.10. The Morgan fingerprint density at radius 3 is 3.19 bits per heavy atom. The maximum absolute atomic E-state index is 5.65. The van der Waals surface area contributed by atoms with Gasteiger partial charge in [-0.3, -0.25) is 0 Å². The summed E-state index contributed by atoms with van der Waals surface area (Å²) in [6.07, 6.45) is 2.17. The number of hydrogen-bond acceptors (Lipinski definition) is 2. The number of ether oxygens (including phenoxy) is 1. The van der Waals surface area contributed by atoms with Gasteiger partial charge in [-0.15, -0.1) is 0 Å². The average molecular weight is 284 g/mol. The van der Waals surface area contributed by atoms with Crippen LogP contribution in [0, 0.1) is 0 Å². The molecule has 2 nitrogen and oxygen atoms in total. The van der Waals surface area contributed by atoms with Gasteiger partial charge >= 0.3 is 0 Å². The van der Waals surface area contributed by atoms with E-state index < -0.39 is 0 Å². The molecule has 16 heavy (non-hydrogen) atoms. The van der Waals surface area contributed by atoms with Crippen molar-refractivity contribution in [2.75, 3.05) is 19.8 Å². The van der Waals surface area contributed by atoms with Gasteiger partial charge in [0.2, 0.25) is 0 Å². The first-order valence-electron chi connectivity index (χ1n) is 5.90. The minimum atomic E-state index is 0.343. The van der Waals surface area contributed by atoms with Crippen LogP contribution in [0.3, 0.4) is 0 Å². The summed E-state index contributed by atoms with van der Waals surface area (Å²) < 4.78 is 6.80. The Balaban J connectivity index is 2.24. The summed E-state index contributed by atoms with van der Waals surface area (Å²) in [5.74, 6) is 0. The van der Waals surface area contributed by atoms with Crippen molar-refractivity contribution < 1.29 is 4.74 Å². The second-order valence-electron chi connectivity index (χ2n) is 4.17. The van der Waals surface area contributed by atoms with Crippen LogP contribution in [-0.2, 0) is 11.2 Å². The highest BCUT2D eigenvalue weighted by Gasteiger charge is 2.18. The number of halogens is 1. The molecular weight excluding hydrogens is 266 g/mol. The lowest BCUT2D eigenvalue weighted by molar-refractivity contribution is 0.121. The normalized spacial score (nSPS) is 20.2. The molecule has 1 heterocycles. The van der Waals surface area contributed by atoms with Gasteiger partial charge in [-0.05, 0) is 42.6 Å². The summed E-state index contributed by atoms with van der Waals surface area (Å²) in [4.78, 5) is 0. The standard InChI is InChI=1S/C13H18BrNO/c1-2-6-15-13-9-16-7-5-10-3-4-11(14)8-12(10)13/h3-4,8,13,15H,2,5-7,9H2,1H3. The van der Waals surface area contributed by atoms with Crippen molar-refractivity contribution in [3.63, 3.8) is 0 Å². The van der Waals surface area contributed by atoms with Crippen LogP contribution in [0.1, 0.15) is 30.5 Å². The van der Waals surface area contributed by atoms with Gasteiger partial charge < -0.3 is 10.1 Å². The van der Waals surface area contributed by atoms with Crippen molar-refractivity contribution in [2.24, 2.45) is 0 Å². The molecule has 1 atom stereocenters. The van der Waals surface area contributed by atoms with Gasteiger partial charge in [-0.25, -0.2) is 0 Å². The number of hydrogen-bond donors (Lipinski definition) is 1.